The van der Waals surface area contributed by atoms with Crippen LogP contribution >= 0.6 is 0 Å². The summed E-state index contributed by atoms with van der Waals surface area (Å²) in [5.74, 6) is -0.769. The van der Waals surface area contributed by atoms with Crippen molar-refractivity contribution in [1.29, 1.82) is 0 Å². The smallest absolute Gasteiger partial charge is 0.303 e. The molecule has 0 bridgehead atoms. The molecule has 1 aliphatic carbocycles. The van der Waals surface area contributed by atoms with Crippen molar-refractivity contribution < 1.29 is 18.3 Å². The lowest BCUT2D eigenvalue weighted by atomic mass is 9.87. The highest BCUT2D eigenvalue weighted by Crippen LogP contribution is 2.32. The van der Waals surface area contributed by atoms with Crippen LogP contribution in [0.15, 0.2) is 29.2 Å². The number of aliphatic carboxylic acids is 1. The maximum Gasteiger partial charge on any atom is 0.303 e. The molecular formula is C17H25NO4S. The quantitative estimate of drug-likeness (QED) is 0.864. The molecule has 0 radical (unpaired) electrons. The van der Waals surface area contributed by atoms with E-state index in [-0.39, 0.29) is 23.8 Å². The Balaban J connectivity index is 2.17. The lowest BCUT2D eigenvalue weighted by Crippen LogP contribution is -2.34. The average Bonchev–Trinajstić information content (AvgIpc) is 2.83. The molecule has 0 aliphatic heterocycles. The van der Waals surface area contributed by atoms with E-state index in [1.807, 2.05) is 32.9 Å². The van der Waals surface area contributed by atoms with E-state index < -0.39 is 16.0 Å². The zero-order chi connectivity index (χ0) is 17.3. The monoisotopic (exact) mass is 339 g/mol. The fraction of sp³-hybridized carbons (Fsp3) is 0.588. The molecule has 0 heterocycles. The number of hydrogen-bond donors (Lipinski definition) is 2. The largest absolute Gasteiger partial charge is 0.481 e. The summed E-state index contributed by atoms with van der Waals surface area (Å²) in [5.41, 5.74) is 0.514. The van der Waals surface area contributed by atoms with E-state index >= 15 is 0 Å². The van der Waals surface area contributed by atoms with Gasteiger partial charge in [-0.2, -0.15) is 0 Å². The van der Waals surface area contributed by atoms with Gasteiger partial charge in [0.2, 0.25) is 10.0 Å². The van der Waals surface area contributed by atoms with Gasteiger partial charge < -0.3 is 5.11 Å². The Morgan fingerprint density at radius 1 is 1.26 bits per heavy atom. The third-order valence-electron chi connectivity index (χ3n) is 4.31. The van der Waals surface area contributed by atoms with Crippen LogP contribution in [0.4, 0.5) is 0 Å². The molecule has 1 aromatic rings. The topological polar surface area (TPSA) is 83.5 Å². The minimum Gasteiger partial charge on any atom is -0.481 e. The second-order valence-electron chi connectivity index (χ2n) is 7.34. The summed E-state index contributed by atoms with van der Waals surface area (Å²) in [7, 11) is -3.61. The van der Waals surface area contributed by atoms with Gasteiger partial charge in [0.15, 0.2) is 0 Å². The lowest BCUT2D eigenvalue weighted by Gasteiger charge is -2.23. The molecule has 1 fully saturated rings. The number of sulfonamides is 1. The van der Waals surface area contributed by atoms with Gasteiger partial charge in [-0.05, 0) is 42.2 Å². The molecule has 0 saturated heterocycles. The van der Waals surface area contributed by atoms with Crippen LogP contribution in [0.2, 0.25) is 0 Å². The molecule has 1 aliphatic rings. The Bertz CT molecular complexity index is 676. The summed E-state index contributed by atoms with van der Waals surface area (Å²) in [4.78, 5) is 11.1. The number of nitrogens with one attached hydrogen (secondary N) is 1. The Kier molecular flexibility index (Phi) is 5.16. The highest BCUT2D eigenvalue weighted by molar-refractivity contribution is 7.89. The van der Waals surface area contributed by atoms with E-state index in [2.05, 4.69) is 4.72 Å². The zero-order valence-electron chi connectivity index (χ0n) is 13.9. The number of rotatable bonds is 5. The number of benzene rings is 1. The van der Waals surface area contributed by atoms with Crippen LogP contribution in [0, 0.1) is 5.92 Å². The van der Waals surface area contributed by atoms with Gasteiger partial charge in [-0.3, -0.25) is 4.79 Å². The molecule has 1 aromatic carbocycles. The minimum absolute atomic E-state index is 0.0538. The summed E-state index contributed by atoms with van der Waals surface area (Å²) in [6.45, 7) is 5.96. The van der Waals surface area contributed by atoms with E-state index in [1.165, 1.54) is 0 Å². The molecule has 0 aromatic heterocycles. The van der Waals surface area contributed by atoms with Crippen molar-refractivity contribution in [3.63, 3.8) is 0 Å². The second-order valence-corrected chi connectivity index (χ2v) is 9.02. The van der Waals surface area contributed by atoms with E-state index in [9.17, 15) is 13.2 Å². The third-order valence-corrected chi connectivity index (χ3v) is 5.89. The van der Waals surface area contributed by atoms with E-state index in [1.54, 1.807) is 12.1 Å². The van der Waals surface area contributed by atoms with Crippen LogP contribution in [0.3, 0.4) is 0 Å². The van der Waals surface area contributed by atoms with Crippen LogP contribution in [0.1, 0.15) is 52.0 Å². The van der Waals surface area contributed by atoms with Crippen LogP contribution in [0.5, 0.6) is 0 Å². The average molecular weight is 339 g/mol. The number of hydrogen-bond acceptors (Lipinski definition) is 3. The Morgan fingerprint density at radius 3 is 2.52 bits per heavy atom. The third kappa shape index (κ3) is 4.54. The van der Waals surface area contributed by atoms with Crippen molar-refractivity contribution in [2.45, 2.75) is 62.8 Å². The zero-order valence-corrected chi connectivity index (χ0v) is 14.7. The lowest BCUT2D eigenvalue weighted by molar-refractivity contribution is -0.138. The highest BCUT2D eigenvalue weighted by atomic mass is 32.2. The molecule has 23 heavy (non-hydrogen) atoms. The van der Waals surface area contributed by atoms with Gasteiger partial charge >= 0.3 is 5.97 Å². The molecule has 1 saturated carbocycles. The maximum absolute atomic E-state index is 12.8. The van der Waals surface area contributed by atoms with Gasteiger partial charge in [0.25, 0.3) is 0 Å². The Morgan fingerprint density at radius 2 is 1.91 bits per heavy atom. The molecule has 0 unspecified atom stereocenters. The first-order valence-corrected chi connectivity index (χ1v) is 9.41. The molecule has 0 amide bonds. The van der Waals surface area contributed by atoms with Crippen molar-refractivity contribution in [1.82, 2.24) is 4.72 Å². The molecule has 2 N–H and O–H groups in total. The van der Waals surface area contributed by atoms with E-state index in [0.29, 0.717) is 17.7 Å². The highest BCUT2D eigenvalue weighted by Gasteiger charge is 2.32. The van der Waals surface area contributed by atoms with Crippen molar-refractivity contribution >= 4 is 16.0 Å². The standard InChI is InChI=1S/C17H25NO4S/c1-17(2,3)14-6-4-5-7-15(14)23(21,22)18-13-9-8-12(10-13)11-16(19)20/h4-7,12-13,18H,8-11H2,1-3H3,(H,19,20)/t12-,13+/m0/s1. The predicted molar refractivity (Wildman–Crippen MR) is 88.8 cm³/mol. The first-order chi connectivity index (χ1) is 10.6. The number of carbonyl (C=O) groups is 1. The summed E-state index contributed by atoms with van der Waals surface area (Å²) in [5, 5.41) is 8.86. The molecule has 2 rings (SSSR count). The molecule has 128 valence electrons. The minimum atomic E-state index is -3.61. The fourth-order valence-electron chi connectivity index (χ4n) is 3.22. The van der Waals surface area contributed by atoms with Crippen LogP contribution < -0.4 is 4.72 Å². The maximum atomic E-state index is 12.8. The van der Waals surface area contributed by atoms with E-state index in [4.69, 9.17) is 5.11 Å². The van der Waals surface area contributed by atoms with Crippen LogP contribution in [-0.4, -0.2) is 25.5 Å². The van der Waals surface area contributed by atoms with Gasteiger partial charge in [-0.15, -0.1) is 0 Å². The summed E-state index contributed by atoms with van der Waals surface area (Å²) >= 11 is 0. The van der Waals surface area contributed by atoms with Crippen LogP contribution in [0.25, 0.3) is 0 Å². The fourth-order valence-corrected chi connectivity index (χ4v) is 4.92. The molecule has 6 heteroatoms. The van der Waals surface area contributed by atoms with E-state index in [0.717, 1.165) is 12.0 Å². The first-order valence-electron chi connectivity index (χ1n) is 7.93. The normalized spacial score (nSPS) is 22.2. The van der Waals surface area contributed by atoms with Crippen molar-refractivity contribution in [2.75, 3.05) is 0 Å². The van der Waals surface area contributed by atoms with Gasteiger partial charge in [0, 0.05) is 12.5 Å². The van der Waals surface area contributed by atoms with Gasteiger partial charge in [-0.1, -0.05) is 39.0 Å². The summed E-state index contributed by atoms with van der Waals surface area (Å²) in [6.07, 6.45) is 2.13. The van der Waals surface area contributed by atoms with Crippen molar-refractivity contribution in [2.24, 2.45) is 5.92 Å². The Labute approximate surface area is 138 Å². The Hall–Kier alpha value is -1.40. The van der Waals surface area contributed by atoms with Crippen molar-refractivity contribution in [3.8, 4) is 0 Å². The molecule has 5 nitrogen and oxygen atoms in total. The molecule has 2 atom stereocenters. The second kappa shape index (κ2) is 6.61. The summed E-state index contributed by atoms with van der Waals surface area (Å²) in [6, 6.07) is 6.87. The predicted octanol–water partition coefficient (Wildman–Crippen LogP) is 2.91. The summed E-state index contributed by atoms with van der Waals surface area (Å²) < 4.78 is 28.3. The van der Waals surface area contributed by atoms with Crippen molar-refractivity contribution in [3.05, 3.63) is 29.8 Å². The van der Waals surface area contributed by atoms with Crippen LogP contribution in [-0.2, 0) is 20.2 Å². The van der Waals surface area contributed by atoms with Gasteiger partial charge in [0.05, 0.1) is 4.90 Å². The SMILES string of the molecule is CC(C)(C)c1ccccc1S(=O)(=O)N[C@@H]1CC[C@H](CC(=O)O)C1. The molecule has 0 spiro atoms. The first kappa shape index (κ1) is 17.9. The van der Waals surface area contributed by atoms with Gasteiger partial charge in [-0.25, -0.2) is 13.1 Å². The number of carboxylic acids is 1. The molecular weight excluding hydrogens is 314 g/mol. The number of carboxylic acid groups (broad SMARTS) is 1. The van der Waals surface area contributed by atoms with Gasteiger partial charge in [0.1, 0.15) is 0 Å².